The molecule has 1 rings (SSSR count). The van der Waals surface area contributed by atoms with E-state index in [1.807, 2.05) is 0 Å². The molecule has 3 nitrogen and oxygen atoms in total. The van der Waals surface area contributed by atoms with Gasteiger partial charge < -0.3 is 12.3 Å². The normalized spacial score (nSPS) is 13.8. The van der Waals surface area contributed by atoms with Gasteiger partial charge in [-0.25, -0.2) is 0 Å². The minimum atomic E-state index is -3.00. The fourth-order valence-electron chi connectivity index (χ4n) is 3.51. The molecule has 0 saturated carbocycles. The molecule has 0 bridgehead atoms. The first-order chi connectivity index (χ1) is 14.7. The van der Waals surface area contributed by atoms with Crippen molar-refractivity contribution in [2.24, 2.45) is 0 Å². The van der Waals surface area contributed by atoms with Gasteiger partial charge in [0, 0.05) is 5.19 Å². The largest absolute Gasteiger partial charge is 0.505 e. The fourth-order valence-corrected chi connectivity index (χ4v) is 16.8. The zero-order valence-corrected chi connectivity index (χ0v) is 26.6. The Hall–Kier alpha value is -0.292. The Labute approximate surface area is 203 Å². The van der Waals surface area contributed by atoms with E-state index in [9.17, 15) is 0 Å². The zero-order valence-electron chi connectivity index (χ0n) is 22.6. The van der Waals surface area contributed by atoms with Gasteiger partial charge in [0.05, 0.1) is 0 Å². The molecule has 0 spiro atoms. The van der Waals surface area contributed by atoms with Gasteiger partial charge in [-0.2, -0.15) is 0 Å². The van der Waals surface area contributed by atoms with E-state index in [0.717, 1.165) is 11.6 Å². The molecule has 0 radical (unpaired) electrons. The summed E-state index contributed by atoms with van der Waals surface area (Å²) in [5.41, 5.74) is 1.23. The van der Waals surface area contributed by atoms with Crippen molar-refractivity contribution >= 4 is 45.0 Å². The number of benzene rings is 1. The highest BCUT2D eigenvalue weighted by atomic mass is 28.5. The Morgan fingerprint density at radius 1 is 0.625 bits per heavy atom. The maximum absolute atomic E-state index is 6.84. The summed E-state index contributed by atoms with van der Waals surface area (Å²) in [5.74, 6) is 0. The van der Waals surface area contributed by atoms with Crippen LogP contribution in [0, 0.1) is 0 Å². The van der Waals surface area contributed by atoms with Crippen LogP contribution in [0.1, 0.15) is 57.4 Å². The van der Waals surface area contributed by atoms with Crippen molar-refractivity contribution in [1.82, 2.24) is 0 Å². The van der Waals surface area contributed by atoms with Crippen molar-refractivity contribution in [1.29, 1.82) is 0 Å². The Kier molecular flexibility index (Phi) is 12.1. The highest BCUT2D eigenvalue weighted by Gasteiger charge is 2.51. The molecule has 0 aliphatic carbocycles. The molecular weight excluding hydrogens is 461 g/mol. The van der Waals surface area contributed by atoms with E-state index in [4.69, 9.17) is 12.3 Å². The summed E-state index contributed by atoms with van der Waals surface area (Å²) in [6.45, 7) is 22.4. The number of rotatable bonds is 15. The van der Waals surface area contributed by atoms with Gasteiger partial charge in [0.1, 0.15) is 0 Å². The third kappa shape index (κ3) is 12.8. The molecular formula is C25H50O3Si4. The van der Waals surface area contributed by atoms with Crippen LogP contribution in [0.15, 0.2) is 30.3 Å². The van der Waals surface area contributed by atoms with E-state index < -0.39 is 33.8 Å². The summed E-state index contributed by atoms with van der Waals surface area (Å²) in [4.78, 5) is 0. The van der Waals surface area contributed by atoms with Crippen LogP contribution in [-0.2, 0) is 12.3 Å². The smallest absolute Gasteiger partial charge is 0.414 e. The molecule has 0 heterocycles. The lowest BCUT2D eigenvalue weighted by Gasteiger charge is -2.42. The average molecular weight is 511 g/mol. The molecule has 0 unspecified atom stereocenters. The summed E-state index contributed by atoms with van der Waals surface area (Å²) >= 11 is 0. The van der Waals surface area contributed by atoms with Gasteiger partial charge in [0.15, 0.2) is 25.0 Å². The first kappa shape index (κ1) is 29.7. The number of unbranched alkanes of at least 4 members (excludes halogenated alkanes) is 6. The van der Waals surface area contributed by atoms with Gasteiger partial charge in [-0.05, 0) is 77.3 Å². The van der Waals surface area contributed by atoms with E-state index >= 15 is 0 Å². The third-order valence-corrected chi connectivity index (χ3v) is 16.2. The maximum Gasteiger partial charge on any atom is 0.505 e. The van der Waals surface area contributed by atoms with Crippen molar-refractivity contribution in [2.75, 3.05) is 0 Å². The van der Waals surface area contributed by atoms with Gasteiger partial charge >= 0.3 is 8.80 Å². The second-order valence-corrected chi connectivity index (χ2v) is 28.6. The van der Waals surface area contributed by atoms with Crippen molar-refractivity contribution in [3.8, 4) is 0 Å². The molecule has 7 heteroatoms. The predicted octanol–water partition coefficient (Wildman–Crippen LogP) is 8.15. The Bertz CT molecular complexity index is 642. The van der Waals surface area contributed by atoms with Crippen LogP contribution in [0.5, 0.6) is 0 Å². The third-order valence-electron chi connectivity index (χ3n) is 4.62. The van der Waals surface area contributed by atoms with Crippen molar-refractivity contribution in [3.63, 3.8) is 0 Å². The molecule has 0 aliphatic heterocycles. The van der Waals surface area contributed by atoms with Gasteiger partial charge in [0.2, 0.25) is 0 Å². The van der Waals surface area contributed by atoms with E-state index in [0.29, 0.717) is 0 Å². The molecule has 32 heavy (non-hydrogen) atoms. The molecule has 0 aliphatic rings. The molecule has 0 aromatic heterocycles. The number of hydrogen-bond acceptors (Lipinski definition) is 3. The monoisotopic (exact) mass is 510 g/mol. The van der Waals surface area contributed by atoms with E-state index in [-0.39, 0.29) is 0 Å². The molecule has 0 atom stereocenters. The molecule has 1 aromatic carbocycles. The summed E-state index contributed by atoms with van der Waals surface area (Å²) in [5, 5.41) is 1.11. The minimum absolute atomic E-state index is 1.11. The van der Waals surface area contributed by atoms with Crippen LogP contribution >= 0.6 is 0 Å². The van der Waals surface area contributed by atoms with Crippen LogP contribution < -0.4 is 5.19 Å². The van der Waals surface area contributed by atoms with E-state index in [1.165, 1.54) is 44.1 Å². The van der Waals surface area contributed by atoms with Crippen LogP contribution in [-0.4, -0.2) is 33.8 Å². The minimum Gasteiger partial charge on any atom is -0.414 e. The van der Waals surface area contributed by atoms with Gasteiger partial charge in [-0.3, -0.25) is 0 Å². The molecule has 1 aromatic rings. The standard InChI is InChI=1S/C25H50O3Si4/c1-11-12-13-14-15-16-17-18-19-24-20-22-25(23-21-24)32(26-29(2,3)4,27-30(5,6)7)28-31(8,9)10/h18-23H,11-17H2,1-10H3. The van der Waals surface area contributed by atoms with Crippen LogP contribution in [0.25, 0.3) is 6.08 Å². The first-order valence-corrected chi connectivity index (χ1v) is 24.5. The predicted molar refractivity (Wildman–Crippen MR) is 152 cm³/mol. The second kappa shape index (κ2) is 13.0. The SMILES string of the molecule is CCCCCCCCC=Cc1ccc([Si](O[Si](C)(C)C)(O[Si](C)(C)C)O[Si](C)(C)C)cc1. The second-order valence-electron chi connectivity index (χ2n) is 11.8. The summed E-state index contributed by atoms with van der Waals surface area (Å²) < 4.78 is 20.5. The number of hydrogen-bond donors (Lipinski definition) is 0. The van der Waals surface area contributed by atoms with Crippen molar-refractivity contribution in [2.45, 2.75) is 111 Å². The average Bonchev–Trinajstić information content (AvgIpc) is 2.60. The Morgan fingerprint density at radius 3 is 1.50 bits per heavy atom. The Balaban J connectivity index is 3.01. The fraction of sp³-hybridized carbons (Fsp3) is 0.680. The van der Waals surface area contributed by atoms with Gasteiger partial charge in [0.25, 0.3) is 0 Å². The van der Waals surface area contributed by atoms with Crippen LogP contribution in [0.2, 0.25) is 58.9 Å². The highest BCUT2D eigenvalue weighted by molar-refractivity contribution is 6.95. The van der Waals surface area contributed by atoms with Crippen molar-refractivity contribution in [3.05, 3.63) is 35.9 Å². The quantitative estimate of drug-likeness (QED) is 0.176. The van der Waals surface area contributed by atoms with Crippen LogP contribution in [0.3, 0.4) is 0 Å². The summed E-state index contributed by atoms with van der Waals surface area (Å²) in [6.07, 6.45) is 13.8. The lowest BCUT2D eigenvalue weighted by molar-refractivity contribution is 0.273. The Morgan fingerprint density at radius 2 is 1.06 bits per heavy atom. The molecule has 0 saturated heterocycles. The topological polar surface area (TPSA) is 27.7 Å². The lowest BCUT2D eigenvalue weighted by Crippen LogP contribution is -2.67. The first-order valence-electron chi connectivity index (χ1n) is 12.5. The molecule has 0 amide bonds. The highest BCUT2D eigenvalue weighted by Crippen LogP contribution is 2.26. The maximum atomic E-state index is 6.84. The summed E-state index contributed by atoms with van der Waals surface area (Å²) in [6, 6.07) is 8.78. The molecule has 0 N–H and O–H groups in total. The summed E-state index contributed by atoms with van der Waals surface area (Å²) in [7, 11) is -8.67. The van der Waals surface area contributed by atoms with E-state index in [2.05, 4.69) is 102 Å². The molecule has 0 fully saturated rings. The van der Waals surface area contributed by atoms with E-state index in [1.54, 1.807) is 0 Å². The van der Waals surface area contributed by atoms with Crippen molar-refractivity contribution < 1.29 is 12.3 Å². The zero-order chi connectivity index (χ0) is 24.5. The molecule has 184 valence electrons. The lowest BCUT2D eigenvalue weighted by atomic mass is 10.1. The van der Waals surface area contributed by atoms with Gasteiger partial charge in [-0.1, -0.05) is 75.4 Å². The number of allylic oxidation sites excluding steroid dienone is 1. The van der Waals surface area contributed by atoms with Crippen LogP contribution in [0.4, 0.5) is 0 Å². The van der Waals surface area contributed by atoms with Gasteiger partial charge in [-0.15, -0.1) is 0 Å².